The van der Waals surface area contributed by atoms with Gasteiger partial charge in [0.15, 0.2) is 12.4 Å². The quantitative estimate of drug-likeness (QED) is 0.670. The zero-order valence-electron chi connectivity index (χ0n) is 11.3. The zero-order valence-corrected chi connectivity index (χ0v) is 11.3. The van der Waals surface area contributed by atoms with E-state index in [1.165, 1.54) is 13.0 Å². The van der Waals surface area contributed by atoms with Crippen molar-refractivity contribution in [3.05, 3.63) is 36.1 Å². The second-order valence-electron chi connectivity index (χ2n) is 4.44. The summed E-state index contributed by atoms with van der Waals surface area (Å²) in [7, 11) is 0. The van der Waals surface area contributed by atoms with Crippen LogP contribution >= 0.6 is 0 Å². The van der Waals surface area contributed by atoms with Gasteiger partial charge in [-0.1, -0.05) is 18.2 Å². The average Bonchev–Trinajstić information content (AvgIpc) is 2.89. The van der Waals surface area contributed by atoms with Crippen molar-refractivity contribution in [1.29, 1.82) is 10.7 Å². The first kappa shape index (κ1) is 14.5. The molecule has 106 valence electrons. The van der Waals surface area contributed by atoms with E-state index in [1.807, 2.05) is 0 Å². The van der Waals surface area contributed by atoms with Crippen molar-refractivity contribution < 1.29 is 18.7 Å². The lowest BCUT2D eigenvalue weighted by Crippen LogP contribution is -2.25. The molecule has 6 nitrogen and oxygen atoms in total. The van der Waals surface area contributed by atoms with Crippen LogP contribution in [0.1, 0.15) is 17.5 Å². The number of carbonyl (C=O) groups is 2. The van der Waals surface area contributed by atoms with Crippen LogP contribution in [0.2, 0.25) is 0 Å². The molecule has 0 bridgehead atoms. The number of nitrogens with one attached hydrogen (secondary N) is 1. The lowest BCUT2D eigenvalue weighted by Gasteiger charge is -2.06. The fourth-order valence-electron chi connectivity index (χ4n) is 1.78. The van der Waals surface area contributed by atoms with Gasteiger partial charge in [0.1, 0.15) is 11.5 Å². The Labute approximate surface area is 120 Å². The van der Waals surface area contributed by atoms with E-state index in [1.54, 1.807) is 30.3 Å². The van der Waals surface area contributed by atoms with Crippen molar-refractivity contribution >= 4 is 28.4 Å². The predicted molar refractivity (Wildman–Crippen MR) is 74.0 cm³/mol. The van der Waals surface area contributed by atoms with Gasteiger partial charge in [-0.15, -0.1) is 0 Å². The number of ketones is 1. The summed E-state index contributed by atoms with van der Waals surface area (Å²) in [4.78, 5) is 23.4. The molecule has 1 aromatic carbocycles. The maximum absolute atomic E-state index is 11.8. The molecule has 0 saturated heterocycles. The second kappa shape index (κ2) is 6.01. The minimum Gasteiger partial charge on any atom is -0.452 e. The van der Waals surface area contributed by atoms with Crippen LogP contribution in [0, 0.1) is 22.7 Å². The molecule has 2 aromatic rings. The van der Waals surface area contributed by atoms with Crippen LogP contribution in [0.15, 0.2) is 34.7 Å². The van der Waals surface area contributed by atoms with Crippen molar-refractivity contribution in [2.75, 3.05) is 6.61 Å². The number of nitrogens with zero attached hydrogens (tertiary/aromatic N) is 1. The van der Waals surface area contributed by atoms with Crippen LogP contribution in [-0.2, 0) is 9.53 Å². The molecule has 0 spiro atoms. The average molecular weight is 284 g/mol. The van der Waals surface area contributed by atoms with E-state index < -0.39 is 24.3 Å². The van der Waals surface area contributed by atoms with Crippen LogP contribution in [0.5, 0.6) is 0 Å². The second-order valence-corrected chi connectivity index (χ2v) is 4.44. The molecule has 0 aliphatic heterocycles. The molecule has 1 N–H and O–H groups in total. The van der Waals surface area contributed by atoms with Gasteiger partial charge in [-0.25, -0.2) is 4.79 Å². The van der Waals surface area contributed by atoms with E-state index in [4.69, 9.17) is 19.8 Å². The SMILES string of the molecule is CC(=N)C(C#N)C(=O)COC(=O)c1cc2ccccc2o1. The molecule has 1 heterocycles. The fourth-order valence-corrected chi connectivity index (χ4v) is 1.78. The molecule has 1 aromatic heterocycles. The van der Waals surface area contributed by atoms with E-state index in [2.05, 4.69) is 0 Å². The monoisotopic (exact) mass is 284 g/mol. The van der Waals surface area contributed by atoms with E-state index in [-0.39, 0.29) is 11.5 Å². The Balaban J connectivity index is 2.03. The predicted octanol–water partition coefficient (Wildman–Crippen LogP) is 2.34. The van der Waals surface area contributed by atoms with Gasteiger partial charge >= 0.3 is 5.97 Å². The summed E-state index contributed by atoms with van der Waals surface area (Å²) in [5, 5.41) is 16.8. The minimum absolute atomic E-state index is 0.0101. The van der Waals surface area contributed by atoms with Crippen molar-refractivity contribution in [1.82, 2.24) is 0 Å². The number of furan rings is 1. The maximum Gasteiger partial charge on any atom is 0.374 e. The number of benzene rings is 1. The molecule has 0 radical (unpaired) electrons. The van der Waals surface area contributed by atoms with Crippen LogP contribution in [0.25, 0.3) is 11.0 Å². The standard InChI is InChI=1S/C15H12N2O4/c1-9(17)11(7-16)12(18)8-20-15(19)14-6-10-4-2-3-5-13(10)21-14/h2-6,11,17H,8H2,1H3. The van der Waals surface area contributed by atoms with Gasteiger partial charge in [-0.05, 0) is 19.1 Å². The Hall–Kier alpha value is -2.94. The molecular formula is C15H12N2O4. The highest BCUT2D eigenvalue weighted by Gasteiger charge is 2.22. The Bertz CT molecular complexity index is 721. The molecule has 0 saturated carbocycles. The van der Waals surface area contributed by atoms with Crippen molar-refractivity contribution in [2.24, 2.45) is 5.92 Å². The number of ether oxygens (including phenoxy) is 1. The van der Waals surface area contributed by atoms with Gasteiger partial charge in [0, 0.05) is 11.1 Å². The third-order valence-corrected chi connectivity index (χ3v) is 2.86. The first-order valence-corrected chi connectivity index (χ1v) is 6.16. The molecule has 0 aliphatic rings. The van der Waals surface area contributed by atoms with E-state index >= 15 is 0 Å². The Morgan fingerprint density at radius 3 is 2.76 bits per heavy atom. The summed E-state index contributed by atoms with van der Waals surface area (Å²) >= 11 is 0. The number of esters is 1. The van der Waals surface area contributed by atoms with Gasteiger partial charge in [0.2, 0.25) is 5.76 Å². The Kier molecular flexibility index (Phi) is 4.14. The summed E-state index contributed by atoms with van der Waals surface area (Å²) < 4.78 is 10.1. The third kappa shape index (κ3) is 3.15. The summed E-state index contributed by atoms with van der Waals surface area (Å²) in [5.74, 6) is -2.61. The molecule has 0 amide bonds. The highest BCUT2D eigenvalue weighted by atomic mass is 16.5. The number of para-hydroxylation sites is 1. The molecule has 2 rings (SSSR count). The summed E-state index contributed by atoms with van der Waals surface area (Å²) in [6, 6.07) is 10.3. The van der Waals surface area contributed by atoms with Gasteiger partial charge in [-0.2, -0.15) is 5.26 Å². The summed E-state index contributed by atoms with van der Waals surface area (Å²) in [5.41, 5.74) is 0.461. The van der Waals surface area contributed by atoms with Crippen LogP contribution in [0.3, 0.4) is 0 Å². The van der Waals surface area contributed by atoms with Gasteiger partial charge in [0.25, 0.3) is 0 Å². The van der Waals surface area contributed by atoms with Gasteiger partial charge in [-0.3, -0.25) is 4.79 Å². The fraction of sp³-hybridized carbons (Fsp3) is 0.200. The van der Waals surface area contributed by atoms with E-state index in [0.717, 1.165) is 5.39 Å². The number of nitriles is 1. The van der Waals surface area contributed by atoms with Crippen molar-refractivity contribution in [2.45, 2.75) is 6.92 Å². The molecule has 1 atom stereocenters. The topological polar surface area (TPSA) is 104 Å². The maximum atomic E-state index is 11.8. The van der Waals surface area contributed by atoms with E-state index in [9.17, 15) is 9.59 Å². The van der Waals surface area contributed by atoms with Crippen molar-refractivity contribution in [3.8, 4) is 6.07 Å². The molecule has 0 aliphatic carbocycles. The molecular weight excluding hydrogens is 272 g/mol. The Morgan fingerprint density at radius 2 is 2.14 bits per heavy atom. The summed E-state index contributed by atoms with van der Waals surface area (Å²) in [6.07, 6.45) is 0. The number of fused-ring (bicyclic) bond motifs is 1. The van der Waals surface area contributed by atoms with Crippen LogP contribution in [0.4, 0.5) is 0 Å². The third-order valence-electron chi connectivity index (χ3n) is 2.86. The molecule has 21 heavy (non-hydrogen) atoms. The van der Waals surface area contributed by atoms with Gasteiger partial charge in [0.05, 0.1) is 6.07 Å². The molecule has 1 unspecified atom stereocenters. The number of hydrogen-bond donors (Lipinski definition) is 1. The number of hydrogen-bond acceptors (Lipinski definition) is 6. The Morgan fingerprint density at radius 1 is 1.43 bits per heavy atom. The lowest BCUT2D eigenvalue weighted by molar-refractivity contribution is -0.122. The largest absolute Gasteiger partial charge is 0.452 e. The minimum atomic E-state index is -1.19. The van der Waals surface area contributed by atoms with Crippen LogP contribution in [-0.4, -0.2) is 24.1 Å². The highest BCUT2D eigenvalue weighted by Crippen LogP contribution is 2.19. The van der Waals surface area contributed by atoms with Gasteiger partial charge < -0.3 is 14.6 Å². The molecule has 0 fully saturated rings. The number of carbonyl (C=O) groups excluding carboxylic acids is 2. The summed E-state index contributed by atoms with van der Waals surface area (Å²) in [6.45, 7) is 0.789. The zero-order chi connectivity index (χ0) is 15.4. The first-order chi connectivity index (χ1) is 10.0. The van der Waals surface area contributed by atoms with E-state index in [0.29, 0.717) is 5.58 Å². The number of rotatable bonds is 5. The van der Waals surface area contributed by atoms with Crippen LogP contribution < -0.4 is 0 Å². The smallest absolute Gasteiger partial charge is 0.374 e. The number of Topliss-reactive ketones (excluding diaryl/α,β-unsaturated/α-hetero) is 1. The first-order valence-electron chi connectivity index (χ1n) is 6.16. The lowest BCUT2D eigenvalue weighted by atomic mass is 10.0. The van der Waals surface area contributed by atoms with Crippen molar-refractivity contribution in [3.63, 3.8) is 0 Å². The molecule has 6 heteroatoms. The highest BCUT2D eigenvalue weighted by molar-refractivity contribution is 6.06. The normalized spacial score (nSPS) is 11.6.